The fourth-order valence-electron chi connectivity index (χ4n) is 3.39. The number of aromatic nitrogens is 2. The molecule has 2 bridgehead atoms. The van der Waals surface area contributed by atoms with Crippen molar-refractivity contribution in [3.05, 3.63) is 23.3 Å². The van der Waals surface area contributed by atoms with Crippen molar-refractivity contribution >= 4 is 18.3 Å². The SMILES string of the molecule is Cc1ncc(C(=O)N2CCC3CCC(C2)N3)c(C(C)C)n1.Cl. The zero-order chi connectivity index (χ0) is 15.0. The van der Waals surface area contributed by atoms with E-state index in [-0.39, 0.29) is 24.2 Å². The molecule has 2 aliphatic heterocycles. The fraction of sp³-hybridized carbons (Fsp3) is 0.688. The summed E-state index contributed by atoms with van der Waals surface area (Å²) in [6, 6.07) is 1.04. The van der Waals surface area contributed by atoms with Crippen molar-refractivity contribution in [2.75, 3.05) is 13.1 Å². The molecule has 0 aliphatic carbocycles. The van der Waals surface area contributed by atoms with E-state index in [9.17, 15) is 4.79 Å². The van der Waals surface area contributed by atoms with Crippen molar-refractivity contribution in [2.45, 2.75) is 58.0 Å². The smallest absolute Gasteiger partial charge is 0.257 e. The van der Waals surface area contributed by atoms with Crippen molar-refractivity contribution in [3.8, 4) is 0 Å². The maximum absolute atomic E-state index is 12.9. The number of nitrogens with one attached hydrogen (secondary N) is 1. The van der Waals surface area contributed by atoms with E-state index in [0.29, 0.717) is 17.6 Å². The Bertz CT molecular complexity index is 549. The van der Waals surface area contributed by atoms with Gasteiger partial charge in [0, 0.05) is 31.4 Å². The molecular formula is C16H25ClN4O. The molecule has 2 unspecified atom stereocenters. The van der Waals surface area contributed by atoms with Crippen molar-refractivity contribution in [2.24, 2.45) is 0 Å². The van der Waals surface area contributed by atoms with Crippen LogP contribution in [0.15, 0.2) is 6.20 Å². The van der Waals surface area contributed by atoms with E-state index in [0.717, 1.165) is 31.0 Å². The zero-order valence-electron chi connectivity index (χ0n) is 13.5. The lowest BCUT2D eigenvalue weighted by atomic mass is 10.0. The number of nitrogens with zero attached hydrogens (tertiary/aromatic N) is 3. The van der Waals surface area contributed by atoms with Crippen molar-refractivity contribution < 1.29 is 4.79 Å². The third kappa shape index (κ3) is 3.41. The molecule has 1 amide bonds. The van der Waals surface area contributed by atoms with Gasteiger partial charge < -0.3 is 10.2 Å². The fourth-order valence-corrected chi connectivity index (χ4v) is 3.39. The largest absolute Gasteiger partial charge is 0.337 e. The summed E-state index contributed by atoms with van der Waals surface area (Å²) in [7, 11) is 0. The molecule has 2 fully saturated rings. The zero-order valence-corrected chi connectivity index (χ0v) is 14.3. The molecule has 2 saturated heterocycles. The number of hydrogen-bond donors (Lipinski definition) is 1. The van der Waals surface area contributed by atoms with Gasteiger partial charge in [-0.15, -0.1) is 12.4 Å². The molecule has 1 N–H and O–H groups in total. The Balaban J connectivity index is 0.00000176. The maximum atomic E-state index is 12.9. The Morgan fingerprint density at radius 1 is 1.32 bits per heavy atom. The van der Waals surface area contributed by atoms with Crippen LogP contribution in [-0.4, -0.2) is 45.9 Å². The molecule has 3 rings (SSSR count). The second-order valence-electron chi connectivity index (χ2n) is 6.55. The Morgan fingerprint density at radius 2 is 2.05 bits per heavy atom. The van der Waals surface area contributed by atoms with Gasteiger partial charge in [0.25, 0.3) is 5.91 Å². The van der Waals surface area contributed by atoms with Crippen LogP contribution in [-0.2, 0) is 0 Å². The van der Waals surface area contributed by atoms with Gasteiger partial charge in [-0.05, 0) is 32.1 Å². The van der Waals surface area contributed by atoms with Gasteiger partial charge in [0.15, 0.2) is 0 Å². The molecule has 5 nitrogen and oxygen atoms in total. The number of rotatable bonds is 2. The lowest BCUT2D eigenvalue weighted by Gasteiger charge is -2.25. The van der Waals surface area contributed by atoms with Gasteiger partial charge in [-0.25, -0.2) is 9.97 Å². The molecule has 2 atom stereocenters. The predicted octanol–water partition coefficient (Wildman–Crippen LogP) is 2.30. The van der Waals surface area contributed by atoms with Crippen molar-refractivity contribution in [1.29, 1.82) is 0 Å². The summed E-state index contributed by atoms with van der Waals surface area (Å²) in [4.78, 5) is 23.6. The highest BCUT2D eigenvalue weighted by Gasteiger charge is 2.32. The molecule has 122 valence electrons. The molecule has 0 aromatic carbocycles. The number of aryl methyl sites for hydroxylation is 1. The number of fused-ring (bicyclic) bond motifs is 2. The topological polar surface area (TPSA) is 58.1 Å². The summed E-state index contributed by atoms with van der Waals surface area (Å²) >= 11 is 0. The second-order valence-corrected chi connectivity index (χ2v) is 6.55. The number of carbonyl (C=O) groups excluding carboxylic acids is 1. The van der Waals surface area contributed by atoms with Crippen LogP contribution in [0.4, 0.5) is 0 Å². The number of halogens is 1. The average Bonchev–Trinajstić information content (AvgIpc) is 2.77. The predicted molar refractivity (Wildman–Crippen MR) is 88.6 cm³/mol. The Hall–Kier alpha value is -1.20. The van der Waals surface area contributed by atoms with Gasteiger partial charge in [0.1, 0.15) is 5.82 Å². The van der Waals surface area contributed by atoms with Crippen molar-refractivity contribution in [1.82, 2.24) is 20.2 Å². The average molecular weight is 325 g/mol. The molecule has 6 heteroatoms. The molecule has 3 heterocycles. The molecule has 0 spiro atoms. The van der Waals surface area contributed by atoms with E-state index in [1.54, 1.807) is 6.20 Å². The first-order chi connectivity index (χ1) is 10.0. The molecular weight excluding hydrogens is 300 g/mol. The normalized spacial score (nSPS) is 24.1. The monoisotopic (exact) mass is 324 g/mol. The summed E-state index contributed by atoms with van der Waals surface area (Å²) in [5.41, 5.74) is 1.54. The number of hydrogen-bond acceptors (Lipinski definition) is 4. The number of likely N-dealkylation sites (tertiary alicyclic amines) is 1. The van der Waals surface area contributed by atoms with Gasteiger partial charge in [-0.2, -0.15) is 0 Å². The van der Waals surface area contributed by atoms with Crippen LogP contribution in [0.1, 0.15) is 60.9 Å². The molecule has 0 saturated carbocycles. The summed E-state index contributed by atoms with van der Waals surface area (Å²) in [6.45, 7) is 7.66. The first-order valence-electron chi connectivity index (χ1n) is 7.93. The lowest BCUT2D eigenvalue weighted by molar-refractivity contribution is 0.0745. The Morgan fingerprint density at radius 3 is 2.77 bits per heavy atom. The van der Waals surface area contributed by atoms with E-state index < -0.39 is 0 Å². The van der Waals surface area contributed by atoms with E-state index in [2.05, 4.69) is 29.1 Å². The van der Waals surface area contributed by atoms with Gasteiger partial charge >= 0.3 is 0 Å². The summed E-state index contributed by atoms with van der Waals surface area (Å²) in [5, 5.41) is 3.61. The quantitative estimate of drug-likeness (QED) is 0.907. The van der Waals surface area contributed by atoms with Crippen LogP contribution in [0.25, 0.3) is 0 Å². The highest BCUT2D eigenvalue weighted by atomic mass is 35.5. The van der Waals surface area contributed by atoms with Gasteiger partial charge in [-0.3, -0.25) is 4.79 Å². The standard InChI is InChI=1S/C16H24N4O.ClH/c1-10(2)15-14(8-17-11(3)18-15)16(21)20-7-6-12-4-5-13(9-20)19-12;/h8,10,12-13,19H,4-7,9H2,1-3H3;1H. The minimum Gasteiger partial charge on any atom is -0.337 e. The summed E-state index contributed by atoms with van der Waals surface area (Å²) in [5.74, 6) is 1.05. The first kappa shape index (κ1) is 17.2. The van der Waals surface area contributed by atoms with E-state index >= 15 is 0 Å². The van der Waals surface area contributed by atoms with Crippen LogP contribution in [0.2, 0.25) is 0 Å². The molecule has 1 aromatic rings. The van der Waals surface area contributed by atoms with Crippen LogP contribution in [0.5, 0.6) is 0 Å². The third-order valence-electron chi connectivity index (χ3n) is 4.53. The minimum absolute atomic E-state index is 0. The first-order valence-corrected chi connectivity index (χ1v) is 7.93. The highest BCUT2D eigenvalue weighted by Crippen LogP contribution is 2.23. The van der Waals surface area contributed by atoms with Crippen LogP contribution < -0.4 is 5.32 Å². The molecule has 0 radical (unpaired) electrons. The Kier molecular flexibility index (Phi) is 5.40. The van der Waals surface area contributed by atoms with E-state index in [4.69, 9.17) is 0 Å². The molecule has 2 aliphatic rings. The Labute approximate surface area is 138 Å². The van der Waals surface area contributed by atoms with Crippen LogP contribution in [0, 0.1) is 6.92 Å². The summed E-state index contributed by atoms with van der Waals surface area (Å²) in [6.07, 6.45) is 5.18. The van der Waals surface area contributed by atoms with E-state index in [1.165, 1.54) is 12.8 Å². The minimum atomic E-state index is 0. The van der Waals surface area contributed by atoms with Gasteiger partial charge in [-0.1, -0.05) is 13.8 Å². The van der Waals surface area contributed by atoms with Crippen molar-refractivity contribution in [3.63, 3.8) is 0 Å². The maximum Gasteiger partial charge on any atom is 0.257 e. The number of amides is 1. The third-order valence-corrected chi connectivity index (χ3v) is 4.53. The van der Waals surface area contributed by atoms with Crippen LogP contribution >= 0.6 is 12.4 Å². The van der Waals surface area contributed by atoms with Crippen LogP contribution in [0.3, 0.4) is 0 Å². The summed E-state index contributed by atoms with van der Waals surface area (Å²) < 4.78 is 0. The second kappa shape index (κ2) is 6.92. The van der Waals surface area contributed by atoms with Gasteiger partial charge in [0.2, 0.25) is 0 Å². The molecule has 1 aromatic heterocycles. The van der Waals surface area contributed by atoms with E-state index in [1.807, 2.05) is 11.8 Å². The highest BCUT2D eigenvalue weighted by molar-refractivity contribution is 5.95. The number of carbonyl (C=O) groups is 1. The molecule has 22 heavy (non-hydrogen) atoms. The lowest BCUT2D eigenvalue weighted by Crippen LogP contribution is -2.39. The van der Waals surface area contributed by atoms with Gasteiger partial charge in [0.05, 0.1) is 11.3 Å².